The maximum atomic E-state index is 12.0. The SMILES string of the molecule is O=C(O)C1CSCCN1C(=O)NCCn1cccn1. The molecule has 1 unspecified atom stereocenters. The minimum Gasteiger partial charge on any atom is -0.480 e. The monoisotopic (exact) mass is 284 g/mol. The number of carbonyl (C=O) groups is 2. The lowest BCUT2D eigenvalue weighted by Gasteiger charge is -2.32. The van der Waals surface area contributed by atoms with Gasteiger partial charge in [-0.2, -0.15) is 16.9 Å². The highest BCUT2D eigenvalue weighted by Crippen LogP contribution is 2.16. The number of rotatable bonds is 4. The van der Waals surface area contributed by atoms with E-state index >= 15 is 0 Å². The quantitative estimate of drug-likeness (QED) is 0.818. The first-order valence-electron chi connectivity index (χ1n) is 6.01. The van der Waals surface area contributed by atoms with Crippen molar-refractivity contribution >= 4 is 23.8 Å². The lowest BCUT2D eigenvalue weighted by molar-refractivity contribution is -0.141. The van der Waals surface area contributed by atoms with Gasteiger partial charge < -0.3 is 15.3 Å². The Bertz CT molecular complexity index is 437. The van der Waals surface area contributed by atoms with Gasteiger partial charge in [-0.25, -0.2) is 9.59 Å². The molecule has 0 aliphatic carbocycles. The van der Waals surface area contributed by atoms with Gasteiger partial charge >= 0.3 is 12.0 Å². The summed E-state index contributed by atoms with van der Waals surface area (Å²) in [5.74, 6) is 0.271. The van der Waals surface area contributed by atoms with Gasteiger partial charge in [0.25, 0.3) is 0 Å². The highest BCUT2D eigenvalue weighted by atomic mass is 32.2. The first-order chi connectivity index (χ1) is 9.18. The number of carboxylic acid groups (broad SMARTS) is 1. The molecule has 1 fully saturated rings. The van der Waals surface area contributed by atoms with Gasteiger partial charge in [0.2, 0.25) is 0 Å². The third-order valence-electron chi connectivity index (χ3n) is 2.85. The fraction of sp³-hybridized carbons (Fsp3) is 0.545. The van der Waals surface area contributed by atoms with Crippen molar-refractivity contribution in [1.29, 1.82) is 0 Å². The molecule has 1 aliphatic heterocycles. The summed E-state index contributed by atoms with van der Waals surface area (Å²) in [6.07, 6.45) is 3.48. The molecular formula is C11H16N4O3S. The number of urea groups is 1. The topological polar surface area (TPSA) is 87.5 Å². The maximum absolute atomic E-state index is 12.0. The highest BCUT2D eigenvalue weighted by Gasteiger charge is 2.32. The Labute approximate surface area is 115 Å². The van der Waals surface area contributed by atoms with Gasteiger partial charge in [0.05, 0.1) is 6.54 Å². The molecule has 2 N–H and O–H groups in total. The normalized spacial score (nSPS) is 19.2. The lowest BCUT2D eigenvalue weighted by Crippen LogP contribution is -2.54. The fourth-order valence-electron chi connectivity index (χ4n) is 1.86. The molecule has 1 aliphatic rings. The average Bonchev–Trinajstić information content (AvgIpc) is 2.91. The number of carbonyl (C=O) groups excluding carboxylic acids is 1. The van der Waals surface area contributed by atoms with Crippen LogP contribution in [0.5, 0.6) is 0 Å². The van der Waals surface area contributed by atoms with E-state index in [0.29, 0.717) is 25.4 Å². The van der Waals surface area contributed by atoms with Crippen molar-refractivity contribution in [1.82, 2.24) is 20.0 Å². The van der Waals surface area contributed by atoms with Crippen LogP contribution in [0.3, 0.4) is 0 Å². The predicted molar refractivity (Wildman–Crippen MR) is 71.1 cm³/mol. The van der Waals surface area contributed by atoms with Crippen molar-refractivity contribution in [3.63, 3.8) is 0 Å². The summed E-state index contributed by atoms with van der Waals surface area (Å²) in [5.41, 5.74) is 0. The minimum absolute atomic E-state index is 0.320. The van der Waals surface area contributed by atoms with Crippen LogP contribution in [0, 0.1) is 0 Å². The molecule has 8 heteroatoms. The first kappa shape index (κ1) is 13.7. The highest BCUT2D eigenvalue weighted by molar-refractivity contribution is 7.99. The molecular weight excluding hydrogens is 268 g/mol. The standard InChI is InChI=1S/C11H16N4O3S/c16-10(17)9-8-19-7-6-15(9)11(18)12-3-5-14-4-1-2-13-14/h1-2,4,9H,3,5-8H2,(H,12,18)(H,16,17). The minimum atomic E-state index is -0.950. The number of nitrogens with one attached hydrogen (secondary N) is 1. The van der Waals surface area contributed by atoms with E-state index in [1.807, 2.05) is 12.3 Å². The fourth-order valence-corrected chi connectivity index (χ4v) is 2.90. The number of aromatic nitrogens is 2. The van der Waals surface area contributed by atoms with Gasteiger partial charge in [0.1, 0.15) is 6.04 Å². The zero-order valence-electron chi connectivity index (χ0n) is 10.4. The molecule has 0 saturated carbocycles. The smallest absolute Gasteiger partial charge is 0.327 e. The third-order valence-corrected chi connectivity index (χ3v) is 3.87. The van der Waals surface area contributed by atoms with Crippen LogP contribution in [0.25, 0.3) is 0 Å². The second-order valence-corrected chi connectivity index (χ2v) is 5.27. The van der Waals surface area contributed by atoms with Gasteiger partial charge in [0.15, 0.2) is 0 Å². The molecule has 0 aromatic carbocycles. The van der Waals surface area contributed by atoms with Gasteiger partial charge in [-0.05, 0) is 6.07 Å². The van der Waals surface area contributed by atoms with Crippen molar-refractivity contribution in [2.24, 2.45) is 0 Å². The van der Waals surface area contributed by atoms with Gasteiger partial charge in [-0.15, -0.1) is 0 Å². The Morgan fingerprint density at radius 2 is 2.37 bits per heavy atom. The van der Waals surface area contributed by atoms with Crippen LogP contribution in [0.2, 0.25) is 0 Å². The molecule has 0 radical (unpaired) electrons. The molecule has 2 rings (SSSR count). The summed E-state index contributed by atoms with van der Waals surface area (Å²) < 4.78 is 1.71. The van der Waals surface area contributed by atoms with Crippen LogP contribution in [0.15, 0.2) is 18.5 Å². The molecule has 104 valence electrons. The molecule has 0 spiro atoms. The van der Waals surface area contributed by atoms with Gasteiger partial charge in [0, 0.05) is 37.0 Å². The zero-order chi connectivity index (χ0) is 13.7. The Kier molecular flexibility index (Phi) is 4.67. The number of amides is 2. The largest absolute Gasteiger partial charge is 0.480 e. The molecule has 2 amide bonds. The van der Waals surface area contributed by atoms with E-state index in [9.17, 15) is 9.59 Å². The van der Waals surface area contributed by atoms with Crippen LogP contribution in [-0.4, -0.2) is 62.4 Å². The molecule has 19 heavy (non-hydrogen) atoms. The van der Waals surface area contributed by atoms with Crippen LogP contribution >= 0.6 is 11.8 Å². The Hall–Kier alpha value is -1.70. The summed E-state index contributed by atoms with van der Waals surface area (Å²) in [6.45, 7) is 1.46. The molecule has 2 heterocycles. The Morgan fingerprint density at radius 1 is 1.53 bits per heavy atom. The number of carboxylic acids is 1. The summed E-state index contributed by atoms with van der Waals surface area (Å²) in [7, 11) is 0. The molecule has 1 aromatic heterocycles. The summed E-state index contributed by atoms with van der Waals surface area (Å²) in [4.78, 5) is 24.4. The van der Waals surface area contributed by atoms with E-state index in [0.717, 1.165) is 5.75 Å². The third kappa shape index (κ3) is 3.63. The number of nitrogens with zero attached hydrogens (tertiary/aromatic N) is 3. The number of thioether (sulfide) groups is 1. The van der Waals surface area contributed by atoms with E-state index in [-0.39, 0.29) is 6.03 Å². The van der Waals surface area contributed by atoms with Gasteiger partial charge in [-0.1, -0.05) is 0 Å². The van der Waals surface area contributed by atoms with Crippen molar-refractivity contribution in [2.75, 3.05) is 24.6 Å². The van der Waals surface area contributed by atoms with E-state index in [4.69, 9.17) is 5.11 Å². The summed E-state index contributed by atoms with van der Waals surface area (Å²) >= 11 is 1.56. The molecule has 1 atom stereocenters. The van der Waals surface area contributed by atoms with E-state index < -0.39 is 12.0 Å². The Balaban J connectivity index is 1.82. The van der Waals surface area contributed by atoms with Crippen LogP contribution in [0.1, 0.15) is 0 Å². The van der Waals surface area contributed by atoms with Crippen LogP contribution in [-0.2, 0) is 11.3 Å². The average molecular weight is 284 g/mol. The van der Waals surface area contributed by atoms with Crippen molar-refractivity contribution in [2.45, 2.75) is 12.6 Å². The van der Waals surface area contributed by atoms with Crippen LogP contribution in [0.4, 0.5) is 4.79 Å². The molecule has 1 saturated heterocycles. The molecule has 1 aromatic rings. The summed E-state index contributed by atoms with van der Waals surface area (Å²) in [6, 6.07) is 0.757. The number of aliphatic carboxylic acids is 1. The number of hydrogen-bond donors (Lipinski definition) is 2. The second-order valence-electron chi connectivity index (χ2n) is 4.12. The second kappa shape index (κ2) is 6.46. The lowest BCUT2D eigenvalue weighted by atomic mass is 10.3. The van der Waals surface area contributed by atoms with E-state index in [2.05, 4.69) is 10.4 Å². The van der Waals surface area contributed by atoms with Crippen molar-refractivity contribution in [3.05, 3.63) is 18.5 Å². The van der Waals surface area contributed by atoms with E-state index in [1.54, 1.807) is 22.6 Å². The van der Waals surface area contributed by atoms with Gasteiger partial charge in [-0.3, -0.25) is 4.68 Å². The van der Waals surface area contributed by atoms with Crippen molar-refractivity contribution in [3.8, 4) is 0 Å². The summed E-state index contributed by atoms with van der Waals surface area (Å²) in [5, 5.41) is 15.8. The molecule has 0 bridgehead atoms. The van der Waals surface area contributed by atoms with Crippen LogP contribution < -0.4 is 5.32 Å². The van der Waals surface area contributed by atoms with E-state index in [1.165, 1.54) is 4.90 Å². The first-order valence-corrected chi connectivity index (χ1v) is 7.16. The maximum Gasteiger partial charge on any atom is 0.327 e. The van der Waals surface area contributed by atoms with Crippen molar-refractivity contribution < 1.29 is 14.7 Å². The predicted octanol–water partition coefficient (Wildman–Crippen LogP) is 0.0947. The molecule has 7 nitrogen and oxygen atoms in total. The zero-order valence-corrected chi connectivity index (χ0v) is 11.2. The number of hydrogen-bond acceptors (Lipinski definition) is 4. The Morgan fingerprint density at radius 3 is 3.05 bits per heavy atom.